The summed E-state index contributed by atoms with van der Waals surface area (Å²) in [6.45, 7) is 5.90. The Bertz CT molecular complexity index is 1820. The third-order valence-corrected chi connectivity index (χ3v) is 7.88. The highest BCUT2D eigenvalue weighted by Gasteiger charge is 2.22. The molecule has 1 unspecified atom stereocenters. The van der Waals surface area contributed by atoms with Gasteiger partial charge in [-0.05, 0) is 61.0 Å². The molecule has 2 aromatic carbocycles. The van der Waals surface area contributed by atoms with E-state index in [2.05, 4.69) is 22.2 Å². The third kappa shape index (κ3) is 11.1. The van der Waals surface area contributed by atoms with Crippen LogP contribution >= 0.6 is 0 Å². The van der Waals surface area contributed by atoms with E-state index < -0.39 is 24.3 Å². The molecule has 0 bridgehead atoms. The summed E-state index contributed by atoms with van der Waals surface area (Å²) in [7, 11) is 1.89. The van der Waals surface area contributed by atoms with Crippen molar-refractivity contribution >= 4 is 52.3 Å². The zero-order chi connectivity index (χ0) is 36.8. The van der Waals surface area contributed by atoms with Crippen molar-refractivity contribution in [3.63, 3.8) is 0 Å². The van der Waals surface area contributed by atoms with Crippen molar-refractivity contribution in [2.75, 3.05) is 23.4 Å². The lowest BCUT2D eigenvalue weighted by atomic mass is 10.1. The highest BCUT2D eigenvalue weighted by molar-refractivity contribution is 6.07. The minimum absolute atomic E-state index is 0.0158. The smallest absolute Gasteiger partial charge is 0.435 e. The van der Waals surface area contributed by atoms with Gasteiger partial charge in [-0.25, -0.2) is 14.8 Å². The highest BCUT2D eigenvalue weighted by atomic mass is 16.7. The van der Waals surface area contributed by atoms with Gasteiger partial charge in [-0.1, -0.05) is 39.2 Å². The van der Waals surface area contributed by atoms with Crippen LogP contribution in [0.15, 0.2) is 71.9 Å². The van der Waals surface area contributed by atoms with Crippen LogP contribution in [0.25, 0.3) is 11.0 Å². The quantitative estimate of drug-likeness (QED) is 0.0442. The number of anilines is 2. The van der Waals surface area contributed by atoms with Crippen molar-refractivity contribution in [3.8, 4) is 0 Å². The number of pyridine rings is 1. The van der Waals surface area contributed by atoms with Gasteiger partial charge in [0.15, 0.2) is 0 Å². The van der Waals surface area contributed by atoms with E-state index in [1.807, 2.05) is 29.8 Å². The number of aryl methyl sites for hydroxylation is 1. The van der Waals surface area contributed by atoms with E-state index in [-0.39, 0.29) is 31.1 Å². The number of ether oxygens (including phenoxy) is 3. The van der Waals surface area contributed by atoms with Gasteiger partial charge in [-0.2, -0.15) is 4.99 Å². The summed E-state index contributed by atoms with van der Waals surface area (Å²) in [5.41, 5.74) is 9.22. The van der Waals surface area contributed by atoms with Crippen LogP contribution < -0.4 is 16.0 Å². The number of esters is 2. The predicted molar refractivity (Wildman–Crippen MR) is 193 cm³/mol. The van der Waals surface area contributed by atoms with Crippen molar-refractivity contribution in [1.29, 1.82) is 0 Å². The molecule has 14 heteroatoms. The first-order valence-corrected chi connectivity index (χ1v) is 17.0. The molecular weight excluding hydrogens is 654 g/mol. The van der Waals surface area contributed by atoms with E-state index in [1.165, 1.54) is 11.8 Å². The molecule has 2 aromatic heterocycles. The molecule has 0 spiro atoms. The number of hydrogen-bond acceptors (Lipinski definition) is 10. The Labute approximate surface area is 297 Å². The standard InChI is InChI=1S/C37H45N7O7/c1-5-7-8-11-22-49-37(48)42-35(38)26-13-16-28(17-14-26)40-24-32-41-29-23-27(15-18-30(29)43(32)4)36(47)44(31-12-9-10-20-39-31)21-19-34(46)51-25(3)50-33(45)6-2/h9-10,12-18,20,23,25,40H,5-8,11,19,21-22,24H2,1-4H3,(H2,38,42,48). The summed E-state index contributed by atoms with van der Waals surface area (Å²) in [5, 5.41) is 3.34. The van der Waals surface area contributed by atoms with Gasteiger partial charge in [0.25, 0.3) is 5.91 Å². The summed E-state index contributed by atoms with van der Waals surface area (Å²) in [5.74, 6) is -0.322. The van der Waals surface area contributed by atoms with Crippen LogP contribution in [0.2, 0.25) is 0 Å². The normalized spacial score (nSPS) is 11.9. The second kappa shape index (κ2) is 18.8. The molecule has 2 amide bonds. The van der Waals surface area contributed by atoms with Gasteiger partial charge in [0.2, 0.25) is 6.29 Å². The molecule has 0 fully saturated rings. The fourth-order valence-corrected chi connectivity index (χ4v) is 5.09. The molecule has 4 rings (SSSR count). The van der Waals surface area contributed by atoms with E-state index in [9.17, 15) is 19.2 Å². The molecule has 4 aromatic rings. The Hall–Kier alpha value is -5.79. The lowest BCUT2D eigenvalue weighted by Gasteiger charge is -2.22. The molecule has 14 nitrogen and oxygen atoms in total. The van der Waals surface area contributed by atoms with Crippen molar-refractivity contribution in [2.24, 2.45) is 17.8 Å². The van der Waals surface area contributed by atoms with Gasteiger partial charge < -0.3 is 29.8 Å². The zero-order valence-electron chi connectivity index (χ0n) is 29.5. The van der Waals surface area contributed by atoms with Crippen LogP contribution in [0.3, 0.4) is 0 Å². The zero-order valence-corrected chi connectivity index (χ0v) is 29.5. The lowest BCUT2D eigenvalue weighted by molar-refractivity contribution is -0.184. The number of nitrogens with one attached hydrogen (secondary N) is 1. The molecule has 0 saturated carbocycles. The molecule has 0 saturated heterocycles. The molecule has 0 aliphatic carbocycles. The lowest BCUT2D eigenvalue weighted by Crippen LogP contribution is -2.34. The molecular formula is C37H45N7O7. The maximum atomic E-state index is 13.8. The SMILES string of the molecule is CCCCCCOC(=O)/N=C(/N)c1ccc(NCc2nc3cc(C(=O)N(CCC(=O)OC(C)OC(=O)CC)c4ccccn4)ccc3n2C)cc1. The number of carbonyl (C=O) groups excluding carboxylic acids is 4. The van der Waals surface area contributed by atoms with Crippen molar-refractivity contribution in [1.82, 2.24) is 14.5 Å². The number of amides is 2. The van der Waals surface area contributed by atoms with Crippen LogP contribution in [0.4, 0.5) is 16.3 Å². The Kier molecular flexibility index (Phi) is 14.0. The number of aliphatic imine (C=N–C) groups is 1. The molecule has 0 radical (unpaired) electrons. The number of hydrogen-bond donors (Lipinski definition) is 2. The monoisotopic (exact) mass is 699 g/mol. The molecule has 3 N–H and O–H groups in total. The number of carbonyl (C=O) groups is 4. The van der Waals surface area contributed by atoms with Gasteiger partial charge in [-0.15, -0.1) is 0 Å². The number of benzene rings is 2. The van der Waals surface area contributed by atoms with Crippen molar-refractivity contribution in [2.45, 2.75) is 72.1 Å². The summed E-state index contributed by atoms with van der Waals surface area (Å²) in [6, 6.07) is 17.6. The molecule has 0 aliphatic rings. The molecule has 1 atom stereocenters. The number of unbranched alkanes of at least 4 members (excludes halogenated alkanes) is 3. The molecule has 51 heavy (non-hydrogen) atoms. The fraction of sp³-hybridized carbons (Fsp3) is 0.378. The van der Waals surface area contributed by atoms with Gasteiger partial charge >= 0.3 is 18.0 Å². The summed E-state index contributed by atoms with van der Waals surface area (Å²) in [4.78, 5) is 64.2. The van der Waals surface area contributed by atoms with E-state index in [1.54, 1.807) is 55.6 Å². The summed E-state index contributed by atoms with van der Waals surface area (Å²) in [6.07, 6.45) is 3.82. The number of nitrogens with zero attached hydrogens (tertiary/aromatic N) is 5. The average molecular weight is 700 g/mol. The second-order valence-corrected chi connectivity index (χ2v) is 11.7. The molecule has 0 aliphatic heterocycles. The Morgan fingerprint density at radius 3 is 2.41 bits per heavy atom. The van der Waals surface area contributed by atoms with Crippen LogP contribution in [0, 0.1) is 0 Å². The third-order valence-electron chi connectivity index (χ3n) is 7.88. The van der Waals surface area contributed by atoms with E-state index in [0.717, 1.165) is 42.7 Å². The first kappa shape index (κ1) is 38.0. The Morgan fingerprint density at radius 2 is 1.71 bits per heavy atom. The number of imidazole rings is 1. The number of nitrogens with two attached hydrogens (primary N) is 1. The molecule has 270 valence electrons. The van der Waals surface area contributed by atoms with Crippen molar-refractivity contribution in [3.05, 3.63) is 83.8 Å². The minimum Gasteiger partial charge on any atom is -0.448 e. The van der Waals surface area contributed by atoms with Gasteiger partial charge in [-0.3, -0.25) is 19.3 Å². The fourth-order valence-electron chi connectivity index (χ4n) is 5.09. The topological polar surface area (TPSA) is 180 Å². The first-order chi connectivity index (χ1) is 24.6. The number of aromatic nitrogens is 3. The van der Waals surface area contributed by atoms with Gasteiger partial charge in [0, 0.05) is 49.9 Å². The maximum Gasteiger partial charge on any atom is 0.435 e. The number of fused-ring (bicyclic) bond motifs is 1. The Balaban J connectivity index is 1.40. The van der Waals surface area contributed by atoms with Crippen LogP contribution in [-0.4, -0.2) is 63.8 Å². The van der Waals surface area contributed by atoms with Crippen LogP contribution in [0.5, 0.6) is 0 Å². The van der Waals surface area contributed by atoms with Gasteiger partial charge in [0.05, 0.1) is 30.6 Å². The number of rotatable bonds is 17. The largest absolute Gasteiger partial charge is 0.448 e. The van der Waals surface area contributed by atoms with E-state index in [4.69, 9.17) is 24.9 Å². The van der Waals surface area contributed by atoms with E-state index in [0.29, 0.717) is 35.6 Å². The highest BCUT2D eigenvalue weighted by Crippen LogP contribution is 2.22. The maximum absolute atomic E-state index is 13.8. The van der Waals surface area contributed by atoms with E-state index >= 15 is 0 Å². The number of amidine groups is 1. The Morgan fingerprint density at radius 1 is 0.961 bits per heavy atom. The summed E-state index contributed by atoms with van der Waals surface area (Å²) < 4.78 is 17.3. The van der Waals surface area contributed by atoms with Crippen molar-refractivity contribution < 1.29 is 33.4 Å². The molecule has 2 heterocycles. The second-order valence-electron chi connectivity index (χ2n) is 11.7. The minimum atomic E-state index is -1.04. The summed E-state index contributed by atoms with van der Waals surface area (Å²) >= 11 is 0. The predicted octanol–water partition coefficient (Wildman–Crippen LogP) is 5.88. The van der Waals surface area contributed by atoms with Crippen LogP contribution in [-0.2, 0) is 37.4 Å². The van der Waals surface area contributed by atoms with Gasteiger partial charge in [0.1, 0.15) is 17.5 Å². The van der Waals surface area contributed by atoms with Crippen LogP contribution in [0.1, 0.15) is 81.0 Å². The average Bonchev–Trinajstić information content (AvgIpc) is 3.45. The first-order valence-electron chi connectivity index (χ1n) is 17.0.